The molecule has 3 aromatic rings. The van der Waals surface area contributed by atoms with E-state index in [1.165, 1.54) is 25.0 Å². The zero-order chi connectivity index (χ0) is 18.3. The Hall–Kier alpha value is -3.16. The smallest absolute Gasteiger partial charge is 0.225 e. The lowest BCUT2D eigenvalue weighted by Gasteiger charge is -2.16. The van der Waals surface area contributed by atoms with E-state index in [1.807, 2.05) is 13.0 Å². The maximum atomic E-state index is 13.1. The number of H-pyrrole nitrogens is 1. The molecule has 2 heterocycles. The van der Waals surface area contributed by atoms with Gasteiger partial charge in [0.15, 0.2) is 5.82 Å². The monoisotopic (exact) mass is 353 g/mol. The molecule has 2 aromatic heterocycles. The van der Waals surface area contributed by atoms with Gasteiger partial charge in [-0.15, -0.1) is 0 Å². The Balaban J connectivity index is 1.62. The van der Waals surface area contributed by atoms with Gasteiger partial charge >= 0.3 is 0 Å². The lowest BCUT2D eigenvalue weighted by Crippen LogP contribution is -2.12. The van der Waals surface area contributed by atoms with Crippen LogP contribution in [0.4, 0.5) is 21.8 Å². The molecule has 1 saturated carbocycles. The number of halogens is 1. The molecule has 0 spiro atoms. The zero-order valence-corrected chi connectivity index (χ0v) is 14.3. The molecule has 1 aliphatic carbocycles. The van der Waals surface area contributed by atoms with Gasteiger partial charge in [0.1, 0.15) is 22.9 Å². The summed E-state index contributed by atoms with van der Waals surface area (Å²) in [5, 5.41) is 10.5. The highest BCUT2D eigenvalue weighted by Gasteiger charge is 2.26. The summed E-state index contributed by atoms with van der Waals surface area (Å²) in [6.45, 7) is 1.93. The van der Waals surface area contributed by atoms with Gasteiger partial charge in [-0.05, 0) is 43.5 Å². The maximum absolute atomic E-state index is 13.1. The normalized spacial score (nSPS) is 15.0. The molecule has 8 heteroatoms. The first kappa shape index (κ1) is 16.3. The van der Waals surface area contributed by atoms with Crippen molar-refractivity contribution in [2.75, 3.05) is 16.8 Å². The number of nitrogens with one attached hydrogen (secondary N) is 2. The van der Waals surface area contributed by atoms with Crippen LogP contribution >= 0.6 is 0 Å². The van der Waals surface area contributed by atoms with Crippen molar-refractivity contribution in [3.63, 3.8) is 0 Å². The summed E-state index contributed by atoms with van der Waals surface area (Å²) < 4.78 is 13.1. The average Bonchev–Trinajstić information content (AvgIpc) is 3.36. The number of aromatic amines is 1. The first-order valence-electron chi connectivity index (χ1n) is 8.52. The van der Waals surface area contributed by atoms with Crippen molar-refractivity contribution in [1.29, 1.82) is 0 Å². The van der Waals surface area contributed by atoms with Crippen LogP contribution in [-0.2, 0) is 0 Å². The highest BCUT2D eigenvalue weighted by Crippen LogP contribution is 2.40. The summed E-state index contributed by atoms with van der Waals surface area (Å²) in [4.78, 5) is 8.71. The van der Waals surface area contributed by atoms with Crippen molar-refractivity contribution in [3.8, 4) is 11.4 Å². The number of nitrogens with zero attached hydrogens (tertiary/aromatic N) is 3. The lowest BCUT2D eigenvalue weighted by atomic mass is 10.1. The van der Waals surface area contributed by atoms with Crippen LogP contribution in [0.5, 0.6) is 0 Å². The Bertz CT molecular complexity index is 931. The predicted octanol–water partition coefficient (Wildman–Crippen LogP) is 3.22. The van der Waals surface area contributed by atoms with E-state index >= 15 is 0 Å². The minimum Gasteiger partial charge on any atom is -0.394 e. The Kier molecular flexibility index (Phi) is 3.95. The molecule has 0 radical (unpaired) electrons. The molecular formula is C18H20FN7. The summed E-state index contributed by atoms with van der Waals surface area (Å²) >= 11 is 0. The maximum Gasteiger partial charge on any atom is 0.225 e. The largest absolute Gasteiger partial charge is 0.394 e. The van der Waals surface area contributed by atoms with Gasteiger partial charge in [-0.2, -0.15) is 10.1 Å². The standard InChI is InChI=1S/C18H20FN7/c1-9(10-4-6-12(19)7-5-10)22-18-23-16(15(20)17(21)24-18)14-8-13(25-26-14)11-2-3-11/h4-9,11H,2-3,20H2,1H3,(H,25,26)(H3,21,22,23,24)/t9-/m0/s1. The number of benzene rings is 1. The molecule has 4 rings (SSSR count). The van der Waals surface area contributed by atoms with Crippen LogP contribution in [0.15, 0.2) is 30.3 Å². The second kappa shape index (κ2) is 6.29. The van der Waals surface area contributed by atoms with Crippen LogP contribution in [0.2, 0.25) is 0 Å². The first-order chi connectivity index (χ1) is 12.5. The van der Waals surface area contributed by atoms with Gasteiger partial charge < -0.3 is 16.8 Å². The number of nitrogens with two attached hydrogens (primary N) is 2. The Morgan fingerprint density at radius 3 is 2.62 bits per heavy atom. The van der Waals surface area contributed by atoms with Gasteiger partial charge in [0.2, 0.25) is 5.95 Å². The number of hydrogen-bond acceptors (Lipinski definition) is 6. The Morgan fingerprint density at radius 2 is 1.92 bits per heavy atom. The number of anilines is 3. The van der Waals surface area contributed by atoms with Crippen LogP contribution < -0.4 is 16.8 Å². The fraction of sp³-hybridized carbons (Fsp3) is 0.278. The van der Waals surface area contributed by atoms with Gasteiger partial charge in [-0.25, -0.2) is 9.37 Å². The number of hydrogen-bond donors (Lipinski definition) is 4. The fourth-order valence-corrected chi connectivity index (χ4v) is 2.84. The highest BCUT2D eigenvalue weighted by molar-refractivity contribution is 5.79. The van der Waals surface area contributed by atoms with Crippen LogP contribution in [0.1, 0.15) is 43.0 Å². The molecule has 7 nitrogen and oxygen atoms in total. The summed E-state index contributed by atoms with van der Waals surface area (Å²) in [5.74, 6) is 0.813. The SMILES string of the molecule is C[C@H](Nc1nc(N)c(N)c(-c2cc(C3CC3)[nH]n2)n1)c1ccc(F)cc1. The van der Waals surface area contributed by atoms with Gasteiger partial charge in [0.25, 0.3) is 0 Å². The predicted molar refractivity (Wildman–Crippen MR) is 98.9 cm³/mol. The highest BCUT2D eigenvalue weighted by atomic mass is 19.1. The quantitative estimate of drug-likeness (QED) is 0.559. The third kappa shape index (κ3) is 3.17. The Morgan fingerprint density at radius 1 is 1.19 bits per heavy atom. The van der Waals surface area contributed by atoms with Crippen LogP contribution in [-0.4, -0.2) is 20.2 Å². The van der Waals surface area contributed by atoms with Crippen LogP contribution in [0.25, 0.3) is 11.4 Å². The van der Waals surface area contributed by atoms with E-state index in [1.54, 1.807) is 12.1 Å². The van der Waals surface area contributed by atoms with Crippen LogP contribution in [0, 0.1) is 5.82 Å². The van der Waals surface area contributed by atoms with E-state index in [2.05, 4.69) is 25.5 Å². The minimum atomic E-state index is -0.277. The van der Waals surface area contributed by atoms with Gasteiger partial charge in [-0.1, -0.05) is 12.1 Å². The van der Waals surface area contributed by atoms with Gasteiger partial charge in [0, 0.05) is 11.6 Å². The number of aromatic nitrogens is 4. The lowest BCUT2D eigenvalue weighted by molar-refractivity contribution is 0.626. The molecule has 1 atom stereocenters. The summed E-state index contributed by atoms with van der Waals surface area (Å²) in [6.07, 6.45) is 2.34. The molecule has 1 fully saturated rings. The van der Waals surface area contributed by atoms with Crippen molar-refractivity contribution in [1.82, 2.24) is 20.2 Å². The minimum absolute atomic E-state index is 0.132. The average molecular weight is 353 g/mol. The van der Waals surface area contributed by atoms with Crippen molar-refractivity contribution in [2.24, 2.45) is 0 Å². The number of nitrogen functional groups attached to an aromatic ring is 2. The second-order valence-electron chi connectivity index (χ2n) is 6.60. The molecule has 1 aliphatic rings. The van der Waals surface area contributed by atoms with E-state index in [9.17, 15) is 4.39 Å². The molecule has 26 heavy (non-hydrogen) atoms. The summed E-state index contributed by atoms with van der Waals surface area (Å²) in [5.41, 5.74) is 15.5. The molecule has 1 aromatic carbocycles. The Labute approximate surface area is 150 Å². The first-order valence-corrected chi connectivity index (χ1v) is 8.52. The topological polar surface area (TPSA) is 119 Å². The van der Waals surface area contributed by atoms with E-state index in [0.717, 1.165) is 11.3 Å². The third-order valence-electron chi connectivity index (χ3n) is 4.55. The summed E-state index contributed by atoms with van der Waals surface area (Å²) in [7, 11) is 0. The van der Waals surface area contributed by atoms with Crippen LogP contribution in [0.3, 0.4) is 0 Å². The molecule has 0 amide bonds. The fourth-order valence-electron chi connectivity index (χ4n) is 2.84. The summed E-state index contributed by atoms with van der Waals surface area (Å²) in [6, 6.07) is 8.09. The molecule has 134 valence electrons. The van der Waals surface area contributed by atoms with E-state index in [0.29, 0.717) is 28.9 Å². The van der Waals surface area contributed by atoms with Crippen molar-refractivity contribution < 1.29 is 4.39 Å². The van der Waals surface area contributed by atoms with E-state index < -0.39 is 0 Å². The molecular weight excluding hydrogens is 333 g/mol. The van der Waals surface area contributed by atoms with E-state index in [-0.39, 0.29) is 17.7 Å². The van der Waals surface area contributed by atoms with Gasteiger partial charge in [-0.3, -0.25) is 5.10 Å². The molecule has 0 saturated heterocycles. The van der Waals surface area contributed by atoms with Crippen molar-refractivity contribution >= 4 is 17.5 Å². The molecule has 6 N–H and O–H groups in total. The molecule has 0 unspecified atom stereocenters. The van der Waals surface area contributed by atoms with Gasteiger partial charge in [0.05, 0.1) is 6.04 Å². The van der Waals surface area contributed by atoms with E-state index in [4.69, 9.17) is 11.5 Å². The van der Waals surface area contributed by atoms with Crippen molar-refractivity contribution in [3.05, 3.63) is 47.4 Å². The second-order valence-corrected chi connectivity index (χ2v) is 6.60. The molecule has 0 bridgehead atoms. The number of rotatable bonds is 5. The molecule has 0 aliphatic heterocycles. The third-order valence-corrected chi connectivity index (χ3v) is 4.55. The zero-order valence-electron chi connectivity index (χ0n) is 14.3. The van der Waals surface area contributed by atoms with Crippen molar-refractivity contribution in [2.45, 2.75) is 31.7 Å².